The zero-order valence-electron chi connectivity index (χ0n) is 9.79. The molecule has 2 atom stereocenters. The Bertz CT molecular complexity index is 137. The van der Waals surface area contributed by atoms with Gasteiger partial charge in [-0.25, -0.2) is 0 Å². The molecule has 1 aliphatic rings. The average molecular weight is 200 g/mol. The van der Waals surface area contributed by atoms with Gasteiger partial charge in [0.1, 0.15) is 0 Å². The van der Waals surface area contributed by atoms with Gasteiger partial charge in [0.25, 0.3) is 0 Å². The van der Waals surface area contributed by atoms with Gasteiger partial charge < -0.3 is 9.47 Å². The van der Waals surface area contributed by atoms with Crippen LogP contribution in [0.4, 0.5) is 0 Å². The summed E-state index contributed by atoms with van der Waals surface area (Å²) in [5.74, 6) is 0. The third-order valence-electron chi connectivity index (χ3n) is 2.73. The quantitative estimate of drug-likeness (QED) is 0.632. The van der Waals surface area contributed by atoms with Gasteiger partial charge in [-0.05, 0) is 33.1 Å². The number of hydrogen-bond donors (Lipinski definition) is 0. The lowest BCUT2D eigenvalue weighted by Crippen LogP contribution is -2.35. The van der Waals surface area contributed by atoms with Gasteiger partial charge in [-0.1, -0.05) is 26.2 Å². The predicted molar refractivity (Wildman–Crippen MR) is 58.3 cm³/mol. The van der Waals surface area contributed by atoms with Gasteiger partial charge in [0.15, 0.2) is 6.29 Å². The van der Waals surface area contributed by atoms with Crippen molar-refractivity contribution in [2.75, 3.05) is 0 Å². The highest BCUT2D eigenvalue weighted by Crippen LogP contribution is 2.21. The second-order valence-electron chi connectivity index (χ2n) is 4.41. The molecule has 1 fully saturated rings. The molecule has 1 aliphatic heterocycles. The van der Waals surface area contributed by atoms with Gasteiger partial charge in [-0.3, -0.25) is 0 Å². The van der Waals surface area contributed by atoms with Crippen molar-refractivity contribution in [3.8, 4) is 0 Å². The number of rotatable bonds is 5. The van der Waals surface area contributed by atoms with E-state index in [0.717, 1.165) is 12.8 Å². The third kappa shape index (κ3) is 4.43. The van der Waals surface area contributed by atoms with E-state index in [9.17, 15) is 0 Å². The summed E-state index contributed by atoms with van der Waals surface area (Å²) in [5.41, 5.74) is 0. The molecule has 0 N–H and O–H groups in total. The number of hydrogen-bond acceptors (Lipinski definition) is 2. The van der Waals surface area contributed by atoms with Gasteiger partial charge in [0.2, 0.25) is 0 Å². The molecule has 1 saturated heterocycles. The minimum absolute atomic E-state index is 0.0607. The molecule has 0 radical (unpaired) electrons. The van der Waals surface area contributed by atoms with Crippen LogP contribution in [0.1, 0.15) is 59.3 Å². The van der Waals surface area contributed by atoms with Gasteiger partial charge >= 0.3 is 0 Å². The van der Waals surface area contributed by atoms with Crippen molar-refractivity contribution in [3.05, 3.63) is 0 Å². The maximum Gasteiger partial charge on any atom is 0.158 e. The Morgan fingerprint density at radius 3 is 2.21 bits per heavy atom. The summed E-state index contributed by atoms with van der Waals surface area (Å²) < 4.78 is 11.4. The van der Waals surface area contributed by atoms with Crippen LogP contribution in [0.15, 0.2) is 0 Å². The first-order valence-electron chi connectivity index (χ1n) is 6.03. The zero-order chi connectivity index (χ0) is 10.4. The highest BCUT2D eigenvalue weighted by molar-refractivity contribution is 4.65. The van der Waals surface area contributed by atoms with E-state index in [-0.39, 0.29) is 6.29 Å². The Hall–Kier alpha value is -0.0800. The summed E-state index contributed by atoms with van der Waals surface area (Å²) >= 11 is 0. The van der Waals surface area contributed by atoms with Crippen LogP contribution in [0.2, 0.25) is 0 Å². The summed E-state index contributed by atoms with van der Waals surface area (Å²) in [6.45, 7) is 6.51. The first-order valence-corrected chi connectivity index (χ1v) is 6.03. The van der Waals surface area contributed by atoms with E-state index in [1.165, 1.54) is 25.7 Å². The Balaban J connectivity index is 2.10. The van der Waals surface area contributed by atoms with E-state index < -0.39 is 0 Å². The van der Waals surface area contributed by atoms with Crippen LogP contribution in [0, 0.1) is 0 Å². The van der Waals surface area contributed by atoms with Crippen LogP contribution in [-0.4, -0.2) is 18.5 Å². The van der Waals surface area contributed by atoms with Gasteiger partial charge in [-0.15, -0.1) is 0 Å². The molecule has 84 valence electrons. The molecular weight excluding hydrogens is 176 g/mol. The fourth-order valence-electron chi connectivity index (χ4n) is 2.00. The Morgan fingerprint density at radius 1 is 1.00 bits per heavy atom. The molecule has 0 saturated carbocycles. The summed E-state index contributed by atoms with van der Waals surface area (Å²) in [4.78, 5) is 0. The number of unbranched alkanes of at least 4 members (excludes halogenated alkanes) is 3. The average Bonchev–Trinajstić information content (AvgIpc) is 2.11. The van der Waals surface area contributed by atoms with Crippen molar-refractivity contribution in [1.82, 2.24) is 0 Å². The lowest BCUT2D eigenvalue weighted by molar-refractivity contribution is -0.236. The molecular formula is C12H24O2. The van der Waals surface area contributed by atoms with Gasteiger partial charge in [0.05, 0.1) is 12.2 Å². The lowest BCUT2D eigenvalue weighted by Gasteiger charge is -2.32. The molecule has 0 aromatic rings. The summed E-state index contributed by atoms with van der Waals surface area (Å²) in [5, 5.41) is 0. The normalized spacial score (nSPS) is 33.2. The molecule has 0 amide bonds. The standard InChI is InChI=1S/C12H24O2/c1-4-5-6-7-8-12-13-10(2)9-11(3)14-12/h10-12H,4-9H2,1-3H3. The molecule has 0 bridgehead atoms. The maximum atomic E-state index is 5.71. The van der Waals surface area contributed by atoms with Crippen molar-refractivity contribution in [2.45, 2.75) is 77.8 Å². The van der Waals surface area contributed by atoms with Crippen LogP contribution in [-0.2, 0) is 9.47 Å². The second kappa shape index (κ2) is 6.41. The fraction of sp³-hybridized carbons (Fsp3) is 1.00. The van der Waals surface area contributed by atoms with Crippen LogP contribution in [0.25, 0.3) is 0 Å². The van der Waals surface area contributed by atoms with Gasteiger partial charge in [0, 0.05) is 0 Å². The molecule has 0 aliphatic carbocycles. The molecule has 14 heavy (non-hydrogen) atoms. The minimum Gasteiger partial charge on any atom is -0.350 e. The summed E-state index contributed by atoms with van der Waals surface area (Å²) in [6.07, 6.45) is 8.06. The number of ether oxygens (including phenoxy) is 2. The molecule has 2 unspecified atom stereocenters. The van der Waals surface area contributed by atoms with Crippen LogP contribution in [0.5, 0.6) is 0 Å². The smallest absolute Gasteiger partial charge is 0.158 e. The van der Waals surface area contributed by atoms with Crippen molar-refractivity contribution in [3.63, 3.8) is 0 Å². The first-order chi connectivity index (χ1) is 6.72. The molecule has 1 rings (SSSR count). The molecule has 0 spiro atoms. The molecule has 2 nitrogen and oxygen atoms in total. The van der Waals surface area contributed by atoms with E-state index in [0.29, 0.717) is 12.2 Å². The second-order valence-corrected chi connectivity index (χ2v) is 4.41. The van der Waals surface area contributed by atoms with Crippen molar-refractivity contribution in [1.29, 1.82) is 0 Å². The monoisotopic (exact) mass is 200 g/mol. The first kappa shape index (κ1) is 12.0. The van der Waals surface area contributed by atoms with Crippen molar-refractivity contribution < 1.29 is 9.47 Å². The van der Waals surface area contributed by atoms with Crippen LogP contribution < -0.4 is 0 Å². The predicted octanol–water partition coefficient (Wildman–Crippen LogP) is 3.50. The Morgan fingerprint density at radius 2 is 1.64 bits per heavy atom. The Labute approximate surface area is 88.0 Å². The zero-order valence-corrected chi connectivity index (χ0v) is 9.79. The summed E-state index contributed by atoms with van der Waals surface area (Å²) in [7, 11) is 0. The third-order valence-corrected chi connectivity index (χ3v) is 2.73. The van der Waals surface area contributed by atoms with Crippen molar-refractivity contribution in [2.24, 2.45) is 0 Å². The fourth-order valence-corrected chi connectivity index (χ4v) is 2.00. The molecule has 0 aromatic heterocycles. The lowest BCUT2D eigenvalue weighted by atomic mass is 10.1. The molecule has 0 aromatic carbocycles. The van der Waals surface area contributed by atoms with Gasteiger partial charge in [-0.2, -0.15) is 0 Å². The van der Waals surface area contributed by atoms with Crippen LogP contribution in [0.3, 0.4) is 0 Å². The van der Waals surface area contributed by atoms with Crippen LogP contribution >= 0.6 is 0 Å². The maximum absolute atomic E-state index is 5.71. The van der Waals surface area contributed by atoms with Crippen molar-refractivity contribution >= 4 is 0 Å². The SMILES string of the molecule is CCCCCCC1OC(C)CC(C)O1. The van der Waals surface area contributed by atoms with E-state index in [2.05, 4.69) is 20.8 Å². The van der Waals surface area contributed by atoms with E-state index in [1.807, 2.05) is 0 Å². The highest BCUT2D eigenvalue weighted by atomic mass is 16.7. The molecule has 1 heterocycles. The largest absolute Gasteiger partial charge is 0.350 e. The Kier molecular flexibility index (Phi) is 5.49. The van der Waals surface area contributed by atoms with E-state index in [1.54, 1.807) is 0 Å². The minimum atomic E-state index is 0.0607. The molecule has 2 heteroatoms. The highest BCUT2D eigenvalue weighted by Gasteiger charge is 2.23. The van der Waals surface area contributed by atoms with E-state index in [4.69, 9.17) is 9.47 Å². The summed E-state index contributed by atoms with van der Waals surface area (Å²) in [6, 6.07) is 0. The topological polar surface area (TPSA) is 18.5 Å². The van der Waals surface area contributed by atoms with E-state index >= 15 is 0 Å².